The molecule has 0 aliphatic carbocycles. The van der Waals surface area contributed by atoms with E-state index < -0.39 is 19.7 Å². The number of hydrogen-bond donors (Lipinski definition) is 1. The fraction of sp³-hybridized carbons (Fsp3) is 0.909. The van der Waals surface area contributed by atoms with Crippen LogP contribution >= 0.6 is 0 Å². The van der Waals surface area contributed by atoms with Gasteiger partial charge in [-0.3, -0.25) is 0 Å². The number of carbonyl (C=O) groups is 1. The van der Waals surface area contributed by atoms with Crippen LogP contribution in [-0.2, 0) is 19.7 Å². The van der Waals surface area contributed by atoms with Crippen molar-refractivity contribution in [3.63, 3.8) is 0 Å². The van der Waals surface area contributed by atoms with E-state index in [1.54, 1.807) is 7.05 Å². The number of sulfone groups is 2. The van der Waals surface area contributed by atoms with E-state index in [1.165, 1.54) is 4.90 Å². The van der Waals surface area contributed by atoms with Crippen LogP contribution in [0.2, 0.25) is 0 Å². The molecule has 9 heteroatoms. The molecule has 0 aromatic heterocycles. The Bertz CT molecular complexity index is 584. The van der Waals surface area contributed by atoms with E-state index >= 15 is 0 Å². The molecule has 2 amide bonds. The van der Waals surface area contributed by atoms with Crippen molar-refractivity contribution in [2.24, 2.45) is 5.92 Å². The van der Waals surface area contributed by atoms with Gasteiger partial charge in [0.15, 0.2) is 19.7 Å². The predicted octanol–water partition coefficient (Wildman–Crippen LogP) is -0.750. The van der Waals surface area contributed by atoms with Crippen molar-refractivity contribution in [3.05, 3.63) is 0 Å². The molecule has 2 aliphatic rings. The summed E-state index contributed by atoms with van der Waals surface area (Å²) in [5.74, 6) is 0.397. The zero-order valence-electron chi connectivity index (χ0n) is 11.4. The monoisotopic (exact) mass is 324 g/mol. The maximum absolute atomic E-state index is 11.9. The molecule has 2 heterocycles. The van der Waals surface area contributed by atoms with Crippen LogP contribution in [0.1, 0.15) is 12.8 Å². The minimum Gasteiger partial charge on any atom is -0.338 e. The number of rotatable bonds is 3. The Hall–Kier alpha value is -0.830. The van der Waals surface area contributed by atoms with Crippen molar-refractivity contribution in [2.75, 3.05) is 36.6 Å². The second kappa shape index (κ2) is 5.51. The Morgan fingerprint density at radius 2 is 1.70 bits per heavy atom. The van der Waals surface area contributed by atoms with Crippen LogP contribution in [0.4, 0.5) is 4.79 Å². The summed E-state index contributed by atoms with van der Waals surface area (Å²) >= 11 is 0. The molecule has 7 nitrogen and oxygen atoms in total. The first-order valence-corrected chi connectivity index (χ1v) is 10.2. The second-order valence-corrected chi connectivity index (χ2v) is 10.1. The van der Waals surface area contributed by atoms with Crippen LogP contribution in [-0.4, -0.2) is 70.4 Å². The van der Waals surface area contributed by atoms with Crippen LogP contribution in [0.5, 0.6) is 0 Å². The Balaban J connectivity index is 1.81. The summed E-state index contributed by atoms with van der Waals surface area (Å²) in [4.78, 5) is 13.3. The largest absolute Gasteiger partial charge is 0.338 e. The maximum Gasteiger partial charge on any atom is 0.317 e. The van der Waals surface area contributed by atoms with E-state index in [1.807, 2.05) is 0 Å². The molecule has 2 rings (SSSR count). The lowest BCUT2D eigenvalue weighted by Gasteiger charge is -2.24. The van der Waals surface area contributed by atoms with Crippen LogP contribution in [0, 0.1) is 5.92 Å². The van der Waals surface area contributed by atoms with Crippen LogP contribution in [0.25, 0.3) is 0 Å². The zero-order chi connectivity index (χ0) is 15.0. The quantitative estimate of drug-likeness (QED) is 0.736. The SMILES string of the molecule is CN(C(=O)NCC1CCS(=O)(=O)C1)C1CCS(=O)(=O)C1. The predicted molar refractivity (Wildman–Crippen MR) is 75.0 cm³/mol. The molecule has 1 N–H and O–H groups in total. The Labute approximate surface area is 119 Å². The highest BCUT2D eigenvalue weighted by atomic mass is 32.2. The minimum absolute atomic E-state index is 0.00866. The van der Waals surface area contributed by atoms with Crippen molar-refractivity contribution >= 4 is 25.7 Å². The molecule has 0 bridgehead atoms. The first-order chi connectivity index (χ1) is 9.19. The first-order valence-electron chi connectivity index (χ1n) is 6.60. The molecule has 0 aromatic rings. The van der Waals surface area contributed by atoms with Crippen molar-refractivity contribution in [1.29, 1.82) is 0 Å². The number of amides is 2. The van der Waals surface area contributed by atoms with Gasteiger partial charge in [0.1, 0.15) is 0 Å². The standard InChI is InChI=1S/C11H20N2O5S2/c1-13(10-3-5-20(17,18)8-10)11(14)12-6-9-2-4-19(15,16)7-9/h9-10H,2-8H2,1H3,(H,12,14). The van der Waals surface area contributed by atoms with Gasteiger partial charge >= 0.3 is 6.03 Å². The lowest BCUT2D eigenvalue weighted by Crippen LogP contribution is -2.45. The van der Waals surface area contributed by atoms with Gasteiger partial charge in [-0.2, -0.15) is 0 Å². The summed E-state index contributed by atoms with van der Waals surface area (Å²) in [5.41, 5.74) is 0. The Morgan fingerprint density at radius 1 is 1.10 bits per heavy atom. The van der Waals surface area contributed by atoms with Crippen LogP contribution in [0.3, 0.4) is 0 Å². The summed E-state index contributed by atoms with van der Waals surface area (Å²) in [6.07, 6.45) is 1.04. The maximum atomic E-state index is 11.9. The number of urea groups is 1. The number of nitrogens with zero attached hydrogens (tertiary/aromatic N) is 1. The fourth-order valence-electron chi connectivity index (χ4n) is 2.64. The molecule has 0 radical (unpaired) electrons. The Morgan fingerprint density at radius 3 is 2.20 bits per heavy atom. The van der Waals surface area contributed by atoms with Gasteiger partial charge < -0.3 is 10.2 Å². The van der Waals surface area contributed by atoms with Gasteiger partial charge in [-0.25, -0.2) is 21.6 Å². The highest BCUT2D eigenvalue weighted by Gasteiger charge is 2.33. The van der Waals surface area contributed by atoms with Crippen molar-refractivity contribution in [1.82, 2.24) is 10.2 Å². The van der Waals surface area contributed by atoms with Gasteiger partial charge in [-0.15, -0.1) is 0 Å². The molecule has 116 valence electrons. The van der Waals surface area contributed by atoms with E-state index in [9.17, 15) is 21.6 Å². The molecule has 2 saturated heterocycles. The number of carbonyl (C=O) groups excluding carboxylic acids is 1. The molecule has 0 spiro atoms. The van der Waals surface area contributed by atoms with E-state index in [-0.39, 0.29) is 41.0 Å². The molecular weight excluding hydrogens is 304 g/mol. The van der Waals surface area contributed by atoms with Gasteiger partial charge in [-0.1, -0.05) is 0 Å². The third kappa shape index (κ3) is 3.85. The van der Waals surface area contributed by atoms with Crippen molar-refractivity contribution in [3.8, 4) is 0 Å². The van der Waals surface area contributed by atoms with E-state index in [2.05, 4.69) is 5.32 Å². The molecule has 0 saturated carbocycles. The molecule has 20 heavy (non-hydrogen) atoms. The zero-order valence-corrected chi connectivity index (χ0v) is 13.0. The summed E-state index contributed by atoms with van der Waals surface area (Å²) in [6, 6.07) is -0.622. The first kappa shape index (κ1) is 15.6. The average Bonchev–Trinajstić information content (AvgIpc) is 2.87. The Kier molecular flexibility index (Phi) is 4.29. The summed E-state index contributed by atoms with van der Waals surface area (Å²) in [5, 5.41) is 2.69. The lowest BCUT2D eigenvalue weighted by molar-refractivity contribution is 0.193. The molecule has 2 unspecified atom stereocenters. The molecule has 2 fully saturated rings. The summed E-state index contributed by atoms with van der Waals surface area (Å²) < 4.78 is 45.4. The van der Waals surface area contributed by atoms with Gasteiger partial charge in [0.2, 0.25) is 0 Å². The number of nitrogens with one attached hydrogen (secondary N) is 1. The normalized spacial score (nSPS) is 31.1. The number of hydrogen-bond acceptors (Lipinski definition) is 5. The smallest absolute Gasteiger partial charge is 0.317 e. The minimum atomic E-state index is -3.02. The van der Waals surface area contributed by atoms with E-state index in [4.69, 9.17) is 0 Å². The van der Waals surface area contributed by atoms with Crippen LogP contribution < -0.4 is 5.32 Å². The van der Waals surface area contributed by atoms with Gasteiger partial charge in [-0.05, 0) is 18.8 Å². The van der Waals surface area contributed by atoms with Gasteiger partial charge in [0.05, 0.1) is 23.0 Å². The molecule has 0 aromatic carbocycles. The summed E-state index contributed by atoms with van der Waals surface area (Å²) in [7, 11) is -4.38. The van der Waals surface area contributed by atoms with Crippen molar-refractivity contribution in [2.45, 2.75) is 18.9 Å². The van der Waals surface area contributed by atoms with Crippen molar-refractivity contribution < 1.29 is 21.6 Å². The van der Waals surface area contributed by atoms with Crippen LogP contribution in [0.15, 0.2) is 0 Å². The third-order valence-electron chi connectivity index (χ3n) is 3.95. The van der Waals surface area contributed by atoms with E-state index in [0.29, 0.717) is 19.4 Å². The second-order valence-electron chi connectivity index (χ2n) is 5.62. The highest BCUT2D eigenvalue weighted by molar-refractivity contribution is 7.91. The van der Waals surface area contributed by atoms with Gasteiger partial charge in [0.25, 0.3) is 0 Å². The molecule has 2 atom stereocenters. The molecular formula is C11H20N2O5S2. The van der Waals surface area contributed by atoms with Gasteiger partial charge in [0, 0.05) is 19.6 Å². The topological polar surface area (TPSA) is 101 Å². The molecule has 2 aliphatic heterocycles. The fourth-order valence-corrected chi connectivity index (χ4v) is 6.27. The highest BCUT2D eigenvalue weighted by Crippen LogP contribution is 2.18. The third-order valence-corrected chi connectivity index (χ3v) is 7.53. The summed E-state index contributed by atoms with van der Waals surface area (Å²) in [6.45, 7) is 0.321. The average molecular weight is 324 g/mol. The van der Waals surface area contributed by atoms with E-state index in [0.717, 1.165) is 0 Å². The lowest BCUT2D eigenvalue weighted by atomic mass is 10.1.